The summed E-state index contributed by atoms with van der Waals surface area (Å²) in [5.41, 5.74) is 0.502. The highest BCUT2D eigenvalue weighted by atomic mass is 32.1. The van der Waals surface area contributed by atoms with E-state index in [0.29, 0.717) is 67.7 Å². The first-order valence-corrected chi connectivity index (χ1v) is 11.3. The summed E-state index contributed by atoms with van der Waals surface area (Å²) < 4.78 is 13.1. The molecule has 4 heterocycles. The van der Waals surface area contributed by atoms with E-state index in [1.807, 2.05) is 36.3 Å². The molecule has 5 rings (SSSR count). The van der Waals surface area contributed by atoms with Gasteiger partial charge in [-0.1, -0.05) is 6.07 Å². The summed E-state index contributed by atoms with van der Waals surface area (Å²) in [6, 6.07) is 7.21. The first-order chi connectivity index (χ1) is 15.0. The van der Waals surface area contributed by atoms with Gasteiger partial charge in [0.25, 0.3) is 11.5 Å². The molecule has 0 aliphatic carbocycles. The molecule has 0 saturated carbocycles. The molecular weight excluding hydrogens is 416 g/mol. The second-order valence-corrected chi connectivity index (χ2v) is 8.90. The number of thiophene rings is 1. The Labute approximate surface area is 183 Å². The van der Waals surface area contributed by atoms with E-state index < -0.39 is 0 Å². The highest BCUT2D eigenvalue weighted by Gasteiger charge is 2.27. The SMILES string of the molecule is CC(C)n1c(N2CCN(C(=O)c3cccs3)CC2)nc2cc3c(cc2c1=O)OCCO3. The Morgan fingerprint density at radius 3 is 2.45 bits per heavy atom. The van der Waals surface area contributed by atoms with E-state index in [1.54, 1.807) is 16.7 Å². The number of ether oxygens (including phenoxy) is 2. The second-order valence-electron chi connectivity index (χ2n) is 7.95. The van der Waals surface area contributed by atoms with Crippen molar-refractivity contribution in [3.05, 3.63) is 44.9 Å². The van der Waals surface area contributed by atoms with E-state index in [-0.39, 0.29) is 17.5 Å². The van der Waals surface area contributed by atoms with Crippen LogP contribution >= 0.6 is 11.3 Å². The van der Waals surface area contributed by atoms with Crippen molar-refractivity contribution < 1.29 is 14.3 Å². The fourth-order valence-corrected chi connectivity index (χ4v) is 4.77. The maximum Gasteiger partial charge on any atom is 0.264 e. The molecule has 31 heavy (non-hydrogen) atoms. The molecule has 8 nitrogen and oxygen atoms in total. The number of nitrogens with zero attached hydrogens (tertiary/aromatic N) is 4. The third-order valence-electron chi connectivity index (χ3n) is 5.64. The largest absolute Gasteiger partial charge is 0.486 e. The standard InChI is InChI=1S/C22H24N4O4S/c1-14(2)26-20(27)15-12-17-18(30-10-9-29-17)13-16(15)23-22(26)25-7-5-24(6-8-25)21(28)19-4-3-11-31-19/h3-4,11-14H,5-10H2,1-2H3. The molecule has 1 fully saturated rings. The average molecular weight is 441 g/mol. The lowest BCUT2D eigenvalue weighted by Gasteiger charge is -2.36. The first kappa shape index (κ1) is 19.9. The average Bonchev–Trinajstić information content (AvgIpc) is 3.32. The van der Waals surface area contributed by atoms with Crippen LogP contribution in [0.2, 0.25) is 0 Å². The van der Waals surface area contributed by atoms with Crippen LogP contribution in [0.1, 0.15) is 29.6 Å². The molecule has 0 spiro atoms. The van der Waals surface area contributed by atoms with Crippen LogP contribution in [0.5, 0.6) is 11.5 Å². The van der Waals surface area contributed by atoms with Crippen LogP contribution in [-0.2, 0) is 0 Å². The Balaban J connectivity index is 1.48. The zero-order valence-electron chi connectivity index (χ0n) is 17.5. The van der Waals surface area contributed by atoms with E-state index >= 15 is 0 Å². The van der Waals surface area contributed by atoms with E-state index in [9.17, 15) is 9.59 Å². The van der Waals surface area contributed by atoms with Crippen LogP contribution in [0.25, 0.3) is 10.9 Å². The Hall–Kier alpha value is -3.07. The summed E-state index contributed by atoms with van der Waals surface area (Å²) in [4.78, 5) is 35.6. The number of rotatable bonds is 3. The summed E-state index contributed by atoms with van der Waals surface area (Å²) >= 11 is 1.46. The van der Waals surface area contributed by atoms with Gasteiger partial charge in [-0.2, -0.15) is 0 Å². The zero-order chi connectivity index (χ0) is 21.5. The van der Waals surface area contributed by atoms with Gasteiger partial charge in [0.05, 0.1) is 15.8 Å². The van der Waals surface area contributed by atoms with Gasteiger partial charge in [-0.3, -0.25) is 14.2 Å². The van der Waals surface area contributed by atoms with Gasteiger partial charge in [-0.05, 0) is 31.4 Å². The molecule has 1 aromatic carbocycles. The van der Waals surface area contributed by atoms with Crippen LogP contribution in [-0.4, -0.2) is 59.8 Å². The van der Waals surface area contributed by atoms with E-state index in [2.05, 4.69) is 4.90 Å². The molecule has 0 radical (unpaired) electrons. The molecule has 1 saturated heterocycles. The quantitative estimate of drug-likeness (QED) is 0.623. The number of carbonyl (C=O) groups excluding carboxylic acids is 1. The highest BCUT2D eigenvalue weighted by molar-refractivity contribution is 7.12. The third-order valence-corrected chi connectivity index (χ3v) is 6.50. The molecule has 162 valence electrons. The Kier molecular flexibility index (Phi) is 5.05. The monoisotopic (exact) mass is 440 g/mol. The number of benzene rings is 1. The van der Waals surface area contributed by atoms with Gasteiger partial charge in [0.15, 0.2) is 11.5 Å². The lowest BCUT2D eigenvalue weighted by Crippen LogP contribution is -2.50. The molecule has 0 unspecified atom stereocenters. The van der Waals surface area contributed by atoms with Crippen molar-refractivity contribution in [2.75, 3.05) is 44.3 Å². The van der Waals surface area contributed by atoms with Crippen molar-refractivity contribution >= 4 is 34.1 Å². The number of piperazine rings is 1. The molecule has 0 atom stereocenters. The van der Waals surface area contributed by atoms with Gasteiger partial charge in [0, 0.05) is 38.3 Å². The summed E-state index contributed by atoms with van der Waals surface area (Å²) in [7, 11) is 0. The van der Waals surface area contributed by atoms with Crippen molar-refractivity contribution in [1.82, 2.24) is 14.5 Å². The summed E-state index contributed by atoms with van der Waals surface area (Å²) in [5, 5.41) is 2.44. The lowest BCUT2D eigenvalue weighted by atomic mass is 10.2. The normalized spacial score (nSPS) is 16.2. The number of carbonyl (C=O) groups is 1. The predicted molar refractivity (Wildman–Crippen MR) is 120 cm³/mol. The van der Waals surface area contributed by atoms with Crippen LogP contribution in [0.4, 0.5) is 5.95 Å². The maximum atomic E-state index is 13.4. The smallest absolute Gasteiger partial charge is 0.264 e. The molecule has 0 N–H and O–H groups in total. The zero-order valence-corrected chi connectivity index (χ0v) is 18.4. The molecule has 0 bridgehead atoms. The van der Waals surface area contributed by atoms with Gasteiger partial charge in [0.2, 0.25) is 5.95 Å². The Morgan fingerprint density at radius 2 is 1.81 bits per heavy atom. The first-order valence-electron chi connectivity index (χ1n) is 10.5. The number of anilines is 1. The second kappa shape index (κ2) is 7.88. The molecule has 9 heteroatoms. The molecule has 3 aromatic rings. The molecule has 2 aromatic heterocycles. The van der Waals surface area contributed by atoms with E-state index in [0.717, 1.165) is 4.88 Å². The number of hydrogen-bond donors (Lipinski definition) is 0. The summed E-state index contributed by atoms with van der Waals surface area (Å²) in [6.45, 7) is 7.32. The van der Waals surface area contributed by atoms with Crippen molar-refractivity contribution in [3.63, 3.8) is 0 Å². The minimum atomic E-state index is -0.0935. The van der Waals surface area contributed by atoms with Crippen LogP contribution in [0.15, 0.2) is 34.4 Å². The molecular formula is C22H24N4O4S. The minimum Gasteiger partial charge on any atom is -0.486 e. The van der Waals surface area contributed by atoms with Gasteiger partial charge in [-0.25, -0.2) is 4.98 Å². The topological polar surface area (TPSA) is 76.9 Å². The number of fused-ring (bicyclic) bond motifs is 2. The Morgan fingerprint density at radius 1 is 1.10 bits per heavy atom. The summed E-state index contributed by atoms with van der Waals surface area (Å²) in [6.07, 6.45) is 0. The highest BCUT2D eigenvalue weighted by Crippen LogP contribution is 2.34. The van der Waals surface area contributed by atoms with Crippen LogP contribution in [0, 0.1) is 0 Å². The van der Waals surface area contributed by atoms with Crippen LogP contribution in [0.3, 0.4) is 0 Å². The van der Waals surface area contributed by atoms with E-state index in [1.165, 1.54) is 11.3 Å². The van der Waals surface area contributed by atoms with Crippen molar-refractivity contribution in [2.45, 2.75) is 19.9 Å². The number of amides is 1. The van der Waals surface area contributed by atoms with Gasteiger partial charge in [-0.15, -0.1) is 11.3 Å². The Bertz CT molecular complexity index is 1180. The van der Waals surface area contributed by atoms with E-state index in [4.69, 9.17) is 14.5 Å². The fraction of sp³-hybridized carbons (Fsp3) is 0.409. The van der Waals surface area contributed by atoms with Gasteiger partial charge < -0.3 is 19.3 Å². The molecule has 2 aliphatic heterocycles. The van der Waals surface area contributed by atoms with Gasteiger partial charge in [0.1, 0.15) is 13.2 Å². The minimum absolute atomic E-state index is 0.0571. The molecule has 2 aliphatic rings. The maximum absolute atomic E-state index is 13.4. The number of hydrogen-bond acceptors (Lipinski definition) is 7. The van der Waals surface area contributed by atoms with Crippen molar-refractivity contribution in [1.29, 1.82) is 0 Å². The van der Waals surface area contributed by atoms with Crippen LogP contribution < -0.4 is 19.9 Å². The fourth-order valence-electron chi connectivity index (χ4n) is 4.08. The number of aromatic nitrogens is 2. The van der Waals surface area contributed by atoms with Gasteiger partial charge >= 0.3 is 0 Å². The summed E-state index contributed by atoms with van der Waals surface area (Å²) in [5.74, 6) is 1.89. The van der Waals surface area contributed by atoms with Crippen molar-refractivity contribution in [3.8, 4) is 11.5 Å². The predicted octanol–water partition coefficient (Wildman–Crippen LogP) is 2.77. The lowest BCUT2D eigenvalue weighted by molar-refractivity contribution is 0.0750. The molecule has 1 amide bonds. The van der Waals surface area contributed by atoms with Crippen molar-refractivity contribution in [2.24, 2.45) is 0 Å². The third kappa shape index (κ3) is 3.52.